The summed E-state index contributed by atoms with van der Waals surface area (Å²) in [4.78, 5) is 10.8. The van der Waals surface area contributed by atoms with Crippen molar-refractivity contribution in [2.45, 2.75) is 19.4 Å². The van der Waals surface area contributed by atoms with Gasteiger partial charge in [-0.25, -0.2) is 0 Å². The van der Waals surface area contributed by atoms with E-state index in [0.717, 1.165) is 18.7 Å². The highest BCUT2D eigenvalue weighted by molar-refractivity contribution is 5.93. The van der Waals surface area contributed by atoms with E-state index >= 15 is 0 Å². The zero-order valence-electron chi connectivity index (χ0n) is 8.86. The Morgan fingerprint density at radius 3 is 2.47 bits per heavy atom. The van der Waals surface area contributed by atoms with Gasteiger partial charge in [-0.2, -0.15) is 0 Å². The average Bonchev–Trinajstić information content (AvgIpc) is 2.26. The maximum Gasteiger partial charge on any atom is 0.248 e. The van der Waals surface area contributed by atoms with Crippen molar-refractivity contribution < 1.29 is 4.79 Å². The van der Waals surface area contributed by atoms with Crippen molar-refractivity contribution in [2.24, 2.45) is 11.5 Å². The number of hydrogen-bond acceptors (Lipinski definition) is 3. The molecule has 0 spiro atoms. The molecule has 1 rings (SSSR count). The Hall–Kier alpha value is -1.55. The average molecular weight is 207 g/mol. The Bertz CT molecular complexity index is 321. The Morgan fingerprint density at radius 1 is 1.40 bits per heavy atom. The number of anilines is 1. The quantitative estimate of drug-likeness (QED) is 0.672. The molecule has 4 nitrogen and oxygen atoms in total. The summed E-state index contributed by atoms with van der Waals surface area (Å²) in [7, 11) is 0. The fraction of sp³-hybridized carbons (Fsp3) is 0.364. The lowest BCUT2D eigenvalue weighted by molar-refractivity contribution is 0.100. The molecule has 1 amide bonds. The number of nitrogens with one attached hydrogen (secondary N) is 1. The van der Waals surface area contributed by atoms with Gasteiger partial charge < -0.3 is 16.8 Å². The summed E-state index contributed by atoms with van der Waals surface area (Å²) in [6.45, 7) is 2.77. The fourth-order valence-corrected chi connectivity index (χ4v) is 1.15. The molecule has 0 fully saturated rings. The largest absolute Gasteiger partial charge is 0.383 e. The molecular formula is C11H17N3O. The monoisotopic (exact) mass is 207 g/mol. The predicted octanol–water partition coefficient (Wildman–Crippen LogP) is 0.935. The van der Waals surface area contributed by atoms with Crippen LogP contribution in [-0.2, 0) is 0 Å². The molecule has 0 heterocycles. The first kappa shape index (κ1) is 11.5. The normalized spacial score (nSPS) is 12.1. The maximum atomic E-state index is 10.8. The fourth-order valence-electron chi connectivity index (χ4n) is 1.15. The second-order valence-corrected chi connectivity index (χ2v) is 3.49. The molecule has 0 aliphatic heterocycles. The first-order valence-corrected chi connectivity index (χ1v) is 5.02. The van der Waals surface area contributed by atoms with E-state index in [2.05, 4.69) is 5.32 Å². The van der Waals surface area contributed by atoms with Gasteiger partial charge >= 0.3 is 0 Å². The third-order valence-electron chi connectivity index (χ3n) is 2.26. The van der Waals surface area contributed by atoms with Crippen LogP contribution in [0.2, 0.25) is 0 Å². The van der Waals surface area contributed by atoms with Gasteiger partial charge in [-0.15, -0.1) is 0 Å². The van der Waals surface area contributed by atoms with E-state index in [0.29, 0.717) is 5.56 Å². The first-order valence-electron chi connectivity index (χ1n) is 5.02. The molecule has 0 radical (unpaired) electrons. The van der Waals surface area contributed by atoms with Crippen molar-refractivity contribution in [3.05, 3.63) is 29.8 Å². The van der Waals surface area contributed by atoms with Crippen LogP contribution in [0.3, 0.4) is 0 Å². The molecule has 1 atom stereocenters. The number of nitrogens with two attached hydrogens (primary N) is 2. The van der Waals surface area contributed by atoms with Gasteiger partial charge in [0.25, 0.3) is 0 Å². The number of amides is 1. The SMILES string of the molecule is CCC(N)CNc1ccc(C(N)=O)cc1. The molecule has 5 N–H and O–H groups in total. The second kappa shape index (κ2) is 5.36. The minimum atomic E-state index is -0.410. The summed E-state index contributed by atoms with van der Waals surface area (Å²) >= 11 is 0. The van der Waals surface area contributed by atoms with Gasteiger partial charge in [0.15, 0.2) is 0 Å². The molecule has 0 aromatic heterocycles. The van der Waals surface area contributed by atoms with Crippen LogP contribution in [0.15, 0.2) is 24.3 Å². The highest BCUT2D eigenvalue weighted by Gasteiger charge is 2.01. The summed E-state index contributed by atoms with van der Waals surface area (Å²) in [6, 6.07) is 7.19. The van der Waals surface area contributed by atoms with E-state index in [1.54, 1.807) is 12.1 Å². The minimum absolute atomic E-state index is 0.154. The molecule has 0 bridgehead atoms. The third kappa shape index (κ3) is 3.59. The molecule has 1 aromatic rings. The van der Waals surface area contributed by atoms with Crippen molar-refractivity contribution >= 4 is 11.6 Å². The van der Waals surface area contributed by atoms with Crippen molar-refractivity contribution in [1.82, 2.24) is 0 Å². The number of carbonyl (C=O) groups is 1. The molecule has 0 saturated carbocycles. The van der Waals surface area contributed by atoms with Crippen LogP contribution in [0.4, 0.5) is 5.69 Å². The molecule has 0 saturated heterocycles. The minimum Gasteiger partial charge on any atom is -0.383 e. The lowest BCUT2D eigenvalue weighted by Crippen LogP contribution is -2.27. The number of rotatable bonds is 5. The maximum absolute atomic E-state index is 10.8. The Morgan fingerprint density at radius 2 is 2.00 bits per heavy atom. The van der Waals surface area contributed by atoms with Gasteiger partial charge in [-0.05, 0) is 30.7 Å². The first-order chi connectivity index (χ1) is 7.13. The molecule has 82 valence electrons. The smallest absolute Gasteiger partial charge is 0.248 e. The van der Waals surface area contributed by atoms with Crippen LogP contribution in [0.5, 0.6) is 0 Å². The van der Waals surface area contributed by atoms with Crippen molar-refractivity contribution in [3.8, 4) is 0 Å². The van der Waals surface area contributed by atoms with Gasteiger partial charge in [0.1, 0.15) is 0 Å². The predicted molar refractivity (Wildman–Crippen MR) is 61.7 cm³/mol. The van der Waals surface area contributed by atoms with E-state index in [4.69, 9.17) is 11.5 Å². The lowest BCUT2D eigenvalue weighted by Gasteiger charge is -2.11. The van der Waals surface area contributed by atoms with Crippen molar-refractivity contribution in [1.29, 1.82) is 0 Å². The van der Waals surface area contributed by atoms with Gasteiger partial charge in [0.2, 0.25) is 5.91 Å². The molecule has 1 unspecified atom stereocenters. The van der Waals surface area contributed by atoms with Gasteiger partial charge in [0.05, 0.1) is 0 Å². The molecular weight excluding hydrogens is 190 g/mol. The van der Waals surface area contributed by atoms with Crippen LogP contribution in [0.1, 0.15) is 23.7 Å². The molecule has 4 heteroatoms. The third-order valence-corrected chi connectivity index (χ3v) is 2.26. The standard InChI is InChI=1S/C11H17N3O/c1-2-9(12)7-14-10-5-3-8(4-6-10)11(13)15/h3-6,9,14H,2,7,12H2,1H3,(H2,13,15). The summed E-state index contributed by atoms with van der Waals surface area (Å²) in [6.07, 6.45) is 0.937. The zero-order valence-corrected chi connectivity index (χ0v) is 8.86. The molecule has 0 aliphatic rings. The summed E-state index contributed by atoms with van der Waals surface area (Å²) in [5.41, 5.74) is 12.4. The zero-order chi connectivity index (χ0) is 11.3. The van der Waals surface area contributed by atoms with Crippen LogP contribution in [0.25, 0.3) is 0 Å². The molecule has 0 aliphatic carbocycles. The Labute approximate surface area is 89.6 Å². The Balaban J connectivity index is 2.53. The van der Waals surface area contributed by atoms with Crippen molar-refractivity contribution in [3.63, 3.8) is 0 Å². The molecule has 15 heavy (non-hydrogen) atoms. The van der Waals surface area contributed by atoms with Crippen LogP contribution >= 0.6 is 0 Å². The highest BCUT2D eigenvalue weighted by atomic mass is 16.1. The van der Waals surface area contributed by atoms with E-state index in [9.17, 15) is 4.79 Å². The van der Waals surface area contributed by atoms with E-state index in [-0.39, 0.29) is 6.04 Å². The topological polar surface area (TPSA) is 81.1 Å². The number of primary amides is 1. The summed E-state index contributed by atoms with van der Waals surface area (Å²) < 4.78 is 0. The van der Waals surface area contributed by atoms with Gasteiger partial charge in [0, 0.05) is 23.8 Å². The molecule has 1 aromatic carbocycles. The second-order valence-electron chi connectivity index (χ2n) is 3.49. The van der Waals surface area contributed by atoms with Crippen molar-refractivity contribution in [2.75, 3.05) is 11.9 Å². The van der Waals surface area contributed by atoms with E-state index < -0.39 is 5.91 Å². The van der Waals surface area contributed by atoms with Gasteiger partial charge in [-0.1, -0.05) is 6.92 Å². The van der Waals surface area contributed by atoms with Crippen LogP contribution in [0, 0.1) is 0 Å². The Kier molecular flexibility index (Phi) is 4.12. The van der Waals surface area contributed by atoms with Gasteiger partial charge in [-0.3, -0.25) is 4.79 Å². The number of benzene rings is 1. The van der Waals surface area contributed by atoms with E-state index in [1.165, 1.54) is 0 Å². The van der Waals surface area contributed by atoms with E-state index in [1.807, 2.05) is 19.1 Å². The summed E-state index contributed by atoms with van der Waals surface area (Å²) in [5.74, 6) is -0.410. The van der Waals surface area contributed by atoms with Crippen LogP contribution in [-0.4, -0.2) is 18.5 Å². The number of hydrogen-bond donors (Lipinski definition) is 3. The number of carbonyl (C=O) groups excluding carboxylic acids is 1. The van der Waals surface area contributed by atoms with Crippen LogP contribution < -0.4 is 16.8 Å². The summed E-state index contributed by atoms with van der Waals surface area (Å²) in [5, 5.41) is 3.18. The highest BCUT2D eigenvalue weighted by Crippen LogP contribution is 2.08. The lowest BCUT2D eigenvalue weighted by atomic mass is 10.2.